The van der Waals surface area contributed by atoms with E-state index < -0.39 is 22.4 Å². The summed E-state index contributed by atoms with van der Waals surface area (Å²) in [5, 5.41) is 11.0. The van der Waals surface area contributed by atoms with Gasteiger partial charge in [-0.15, -0.1) is 0 Å². The standard InChI is InChI=1S/C12H6BrF3N2O2/c13-7-5-10(18(19)20)11(17-6-7)8-3-1-2-4-9(8)12(14,15)16/h1-6H. The third-order valence-electron chi connectivity index (χ3n) is 2.52. The van der Waals surface area contributed by atoms with E-state index in [1.54, 1.807) is 0 Å². The Hall–Kier alpha value is -1.96. The second kappa shape index (κ2) is 5.20. The lowest BCUT2D eigenvalue weighted by Gasteiger charge is -2.12. The maximum atomic E-state index is 12.9. The monoisotopic (exact) mass is 346 g/mol. The minimum atomic E-state index is -4.61. The lowest BCUT2D eigenvalue weighted by Crippen LogP contribution is -2.08. The van der Waals surface area contributed by atoms with Crippen LogP contribution in [0.4, 0.5) is 18.9 Å². The maximum absolute atomic E-state index is 12.9. The van der Waals surface area contributed by atoms with Gasteiger partial charge in [0.1, 0.15) is 5.69 Å². The fraction of sp³-hybridized carbons (Fsp3) is 0.0833. The van der Waals surface area contributed by atoms with Crippen LogP contribution in [0.3, 0.4) is 0 Å². The van der Waals surface area contributed by atoms with Crippen LogP contribution in [0, 0.1) is 10.1 Å². The van der Waals surface area contributed by atoms with E-state index >= 15 is 0 Å². The van der Waals surface area contributed by atoms with E-state index in [0.717, 1.165) is 18.2 Å². The fourth-order valence-electron chi connectivity index (χ4n) is 1.71. The van der Waals surface area contributed by atoms with Crippen molar-refractivity contribution in [3.05, 3.63) is 56.7 Å². The van der Waals surface area contributed by atoms with Gasteiger partial charge in [-0.3, -0.25) is 10.1 Å². The molecule has 20 heavy (non-hydrogen) atoms. The van der Waals surface area contributed by atoms with Crippen LogP contribution in [0.1, 0.15) is 5.56 Å². The molecule has 0 amide bonds. The van der Waals surface area contributed by atoms with Gasteiger partial charge in [0.15, 0.2) is 0 Å². The molecule has 0 radical (unpaired) electrons. The van der Waals surface area contributed by atoms with Crippen molar-refractivity contribution in [2.24, 2.45) is 0 Å². The average Bonchev–Trinajstić information content (AvgIpc) is 2.37. The number of pyridine rings is 1. The minimum Gasteiger partial charge on any atom is -0.258 e. The molecule has 1 heterocycles. The summed E-state index contributed by atoms with van der Waals surface area (Å²) >= 11 is 3.01. The Morgan fingerprint density at radius 2 is 1.90 bits per heavy atom. The molecule has 8 heteroatoms. The van der Waals surface area contributed by atoms with Gasteiger partial charge in [0.25, 0.3) is 5.69 Å². The normalized spacial score (nSPS) is 11.4. The summed E-state index contributed by atoms with van der Waals surface area (Å²) in [7, 11) is 0. The summed E-state index contributed by atoms with van der Waals surface area (Å²) in [4.78, 5) is 14.0. The van der Waals surface area contributed by atoms with E-state index in [2.05, 4.69) is 20.9 Å². The Kier molecular flexibility index (Phi) is 3.76. The molecule has 104 valence electrons. The van der Waals surface area contributed by atoms with Crippen LogP contribution in [0.15, 0.2) is 41.0 Å². The zero-order valence-corrected chi connectivity index (χ0v) is 11.3. The number of hydrogen-bond acceptors (Lipinski definition) is 3. The molecule has 2 aromatic rings. The van der Waals surface area contributed by atoms with Gasteiger partial charge in [0.2, 0.25) is 0 Å². The number of rotatable bonds is 2. The van der Waals surface area contributed by atoms with Crippen molar-refractivity contribution >= 4 is 21.6 Å². The molecule has 0 saturated carbocycles. The molecule has 0 fully saturated rings. The van der Waals surface area contributed by atoms with Crippen molar-refractivity contribution < 1.29 is 18.1 Å². The van der Waals surface area contributed by atoms with Crippen molar-refractivity contribution in [3.8, 4) is 11.3 Å². The molecule has 4 nitrogen and oxygen atoms in total. The molecule has 0 atom stereocenters. The van der Waals surface area contributed by atoms with Crippen molar-refractivity contribution in [2.45, 2.75) is 6.18 Å². The molecule has 0 spiro atoms. The molecule has 1 aromatic heterocycles. The number of nitrogens with zero attached hydrogens (tertiary/aromatic N) is 2. The smallest absolute Gasteiger partial charge is 0.258 e. The van der Waals surface area contributed by atoms with Gasteiger partial charge in [-0.25, -0.2) is 4.98 Å². The Bertz CT molecular complexity index is 674. The molecule has 0 aliphatic heterocycles. The van der Waals surface area contributed by atoms with Gasteiger partial charge in [0.05, 0.1) is 10.5 Å². The van der Waals surface area contributed by atoms with Crippen LogP contribution in [0.5, 0.6) is 0 Å². The summed E-state index contributed by atoms with van der Waals surface area (Å²) in [6.07, 6.45) is -3.39. The van der Waals surface area contributed by atoms with E-state index in [1.807, 2.05) is 0 Å². The van der Waals surface area contributed by atoms with Crippen molar-refractivity contribution in [3.63, 3.8) is 0 Å². The van der Waals surface area contributed by atoms with Gasteiger partial charge >= 0.3 is 6.18 Å². The SMILES string of the molecule is O=[N+]([O-])c1cc(Br)cnc1-c1ccccc1C(F)(F)F. The predicted molar refractivity (Wildman–Crippen MR) is 69.0 cm³/mol. The first-order valence-corrected chi connectivity index (χ1v) is 6.06. The largest absolute Gasteiger partial charge is 0.417 e. The maximum Gasteiger partial charge on any atom is 0.417 e. The van der Waals surface area contributed by atoms with E-state index in [-0.39, 0.29) is 11.3 Å². The number of aromatic nitrogens is 1. The molecular weight excluding hydrogens is 341 g/mol. The summed E-state index contributed by atoms with van der Waals surface area (Å²) in [5.41, 5.74) is -2.08. The number of halogens is 4. The van der Waals surface area contributed by atoms with Crippen LogP contribution in [-0.4, -0.2) is 9.91 Å². The second-order valence-electron chi connectivity index (χ2n) is 3.82. The molecule has 0 aliphatic carbocycles. The average molecular weight is 347 g/mol. The Balaban J connectivity index is 2.73. The summed E-state index contributed by atoms with van der Waals surface area (Å²) in [6, 6.07) is 5.74. The minimum absolute atomic E-state index is 0.314. The lowest BCUT2D eigenvalue weighted by atomic mass is 10.0. The number of nitro groups is 1. The Morgan fingerprint density at radius 1 is 1.25 bits per heavy atom. The van der Waals surface area contributed by atoms with Crippen LogP contribution in [0.25, 0.3) is 11.3 Å². The van der Waals surface area contributed by atoms with Gasteiger partial charge in [0, 0.05) is 22.3 Å². The number of alkyl halides is 3. The second-order valence-corrected chi connectivity index (χ2v) is 4.74. The molecule has 0 aliphatic rings. The zero-order chi connectivity index (χ0) is 14.9. The Morgan fingerprint density at radius 3 is 2.50 bits per heavy atom. The van der Waals surface area contributed by atoms with Gasteiger partial charge in [-0.2, -0.15) is 13.2 Å². The topological polar surface area (TPSA) is 56.0 Å². The number of hydrogen-bond donors (Lipinski definition) is 0. The summed E-state index contributed by atoms with van der Waals surface area (Å²) in [5.74, 6) is 0. The third-order valence-corrected chi connectivity index (χ3v) is 2.95. The highest BCUT2D eigenvalue weighted by Crippen LogP contribution is 2.39. The summed E-state index contributed by atoms with van der Waals surface area (Å²) < 4.78 is 39.1. The molecule has 0 N–H and O–H groups in total. The first kappa shape index (κ1) is 14.4. The van der Waals surface area contributed by atoms with Crippen molar-refractivity contribution in [2.75, 3.05) is 0 Å². The van der Waals surface area contributed by atoms with Gasteiger partial charge < -0.3 is 0 Å². The van der Waals surface area contributed by atoms with Gasteiger partial charge in [-0.05, 0) is 22.0 Å². The van der Waals surface area contributed by atoms with Gasteiger partial charge in [-0.1, -0.05) is 18.2 Å². The lowest BCUT2D eigenvalue weighted by molar-refractivity contribution is -0.384. The van der Waals surface area contributed by atoms with Crippen LogP contribution in [-0.2, 0) is 6.18 Å². The third kappa shape index (κ3) is 2.79. The highest BCUT2D eigenvalue weighted by atomic mass is 79.9. The van der Waals surface area contributed by atoms with E-state index in [4.69, 9.17) is 0 Å². The first-order chi connectivity index (χ1) is 9.30. The predicted octanol–water partition coefficient (Wildman–Crippen LogP) is 4.44. The first-order valence-electron chi connectivity index (χ1n) is 5.27. The molecular formula is C12H6BrF3N2O2. The van der Waals surface area contributed by atoms with Crippen LogP contribution in [0.2, 0.25) is 0 Å². The molecule has 0 saturated heterocycles. The number of benzene rings is 1. The van der Waals surface area contributed by atoms with E-state index in [1.165, 1.54) is 18.3 Å². The van der Waals surface area contributed by atoms with Crippen LogP contribution < -0.4 is 0 Å². The zero-order valence-electron chi connectivity index (χ0n) is 9.69. The van der Waals surface area contributed by atoms with E-state index in [9.17, 15) is 23.3 Å². The fourth-order valence-corrected chi connectivity index (χ4v) is 2.03. The van der Waals surface area contributed by atoms with Crippen molar-refractivity contribution in [1.29, 1.82) is 0 Å². The molecule has 2 rings (SSSR count). The van der Waals surface area contributed by atoms with E-state index in [0.29, 0.717) is 4.47 Å². The molecule has 1 aromatic carbocycles. The van der Waals surface area contributed by atoms with Crippen molar-refractivity contribution in [1.82, 2.24) is 4.98 Å². The quantitative estimate of drug-likeness (QED) is 0.596. The molecule has 0 unspecified atom stereocenters. The molecule has 0 bridgehead atoms. The highest BCUT2D eigenvalue weighted by Gasteiger charge is 2.35. The highest BCUT2D eigenvalue weighted by molar-refractivity contribution is 9.10. The Labute approximate surface area is 119 Å². The summed E-state index contributed by atoms with van der Waals surface area (Å²) in [6.45, 7) is 0. The van der Waals surface area contributed by atoms with Crippen LogP contribution >= 0.6 is 15.9 Å².